The maximum atomic E-state index is 11.3. The van der Waals surface area contributed by atoms with Gasteiger partial charge in [0.25, 0.3) is 0 Å². The van der Waals surface area contributed by atoms with Crippen LogP contribution in [0.15, 0.2) is 0 Å². The summed E-state index contributed by atoms with van der Waals surface area (Å²) in [6.45, 7) is 4.69. The molecule has 3 N–H and O–H groups in total. The molecule has 1 saturated heterocycles. The lowest BCUT2D eigenvalue weighted by atomic mass is 10.0. The Morgan fingerprint density at radius 1 is 1.31 bits per heavy atom. The van der Waals surface area contributed by atoms with E-state index in [-0.39, 0.29) is 29.4 Å². The van der Waals surface area contributed by atoms with Crippen LogP contribution in [0.25, 0.3) is 0 Å². The minimum Gasteiger partial charge on any atom is -0.298 e. The molecular formula is C9H19N3O3S. The Bertz CT molecular complexity index is 341. The fourth-order valence-corrected chi connectivity index (χ4v) is 3.03. The molecule has 0 radical (unpaired) electrons. The number of hydrogen-bond donors (Lipinski definition) is 2. The van der Waals surface area contributed by atoms with Crippen molar-refractivity contribution in [1.82, 2.24) is 10.3 Å². The average Bonchev–Trinajstić information content (AvgIpc) is 2.26. The number of carbonyl (C=O) groups excluding carboxylic acids is 1. The summed E-state index contributed by atoms with van der Waals surface area (Å²) in [5.41, 5.74) is 2.12. The van der Waals surface area contributed by atoms with Gasteiger partial charge in [-0.1, -0.05) is 6.92 Å². The summed E-state index contributed by atoms with van der Waals surface area (Å²) >= 11 is 0. The SMILES string of the molecule is CC(C(=O)NN)C(C)N1CCS(=O)(=O)CC1. The van der Waals surface area contributed by atoms with Gasteiger partial charge in [0, 0.05) is 19.1 Å². The quantitative estimate of drug-likeness (QED) is 0.370. The highest BCUT2D eigenvalue weighted by Gasteiger charge is 2.29. The third-order valence-electron chi connectivity index (χ3n) is 3.23. The van der Waals surface area contributed by atoms with Crippen LogP contribution in [-0.2, 0) is 14.6 Å². The zero-order valence-electron chi connectivity index (χ0n) is 9.64. The highest BCUT2D eigenvalue weighted by atomic mass is 32.2. The van der Waals surface area contributed by atoms with Crippen molar-refractivity contribution >= 4 is 15.7 Å². The molecule has 1 aliphatic heterocycles. The highest BCUT2D eigenvalue weighted by molar-refractivity contribution is 7.91. The van der Waals surface area contributed by atoms with Crippen LogP contribution in [0, 0.1) is 5.92 Å². The van der Waals surface area contributed by atoms with Crippen LogP contribution in [0.5, 0.6) is 0 Å². The molecule has 94 valence electrons. The first-order valence-corrected chi connectivity index (χ1v) is 7.14. The van der Waals surface area contributed by atoms with E-state index >= 15 is 0 Å². The predicted molar refractivity (Wildman–Crippen MR) is 61.2 cm³/mol. The summed E-state index contributed by atoms with van der Waals surface area (Å²) in [4.78, 5) is 13.4. The summed E-state index contributed by atoms with van der Waals surface area (Å²) in [5.74, 6) is 4.95. The molecule has 1 aliphatic rings. The molecule has 0 spiro atoms. The van der Waals surface area contributed by atoms with Gasteiger partial charge in [0.1, 0.15) is 0 Å². The van der Waals surface area contributed by atoms with Crippen LogP contribution < -0.4 is 11.3 Å². The van der Waals surface area contributed by atoms with Gasteiger partial charge in [-0.15, -0.1) is 0 Å². The Labute approximate surface area is 96.1 Å². The first-order chi connectivity index (χ1) is 7.37. The monoisotopic (exact) mass is 249 g/mol. The van der Waals surface area contributed by atoms with Crippen LogP contribution in [0.2, 0.25) is 0 Å². The third-order valence-corrected chi connectivity index (χ3v) is 4.84. The Morgan fingerprint density at radius 3 is 2.25 bits per heavy atom. The summed E-state index contributed by atoms with van der Waals surface area (Å²) in [6.07, 6.45) is 0. The van der Waals surface area contributed by atoms with E-state index in [1.54, 1.807) is 6.92 Å². The molecule has 0 aromatic rings. The van der Waals surface area contributed by atoms with Crippen LogP contribution in [0.3, 0.4) is 0 Å². The van der Waals surface area contributed by atoms with E-state index in [0.29, 0.717) is 13.1 Å². The second-order valence-corrected chi connectivity index (χ2v) is 6.53. The molecule has 1 rings (SSSR count). The summed E-state index contributed by atoms with van der Waals surface area (Å²) in [6, 6.07) is -0.000880. The van der Waals surface area contributed by atoms with E-state index in [1.807, 2.05) is 11.8 Å². The third kappa shape index (κ3) is 3.16. The number of nitrogens with two attached hydrogens (primary N) is 1. The molecule has 6 nitrogen and oxygen atoms in total. The number of nitrogens with one attached hydrogen (secondary N) is 1. The van der Waals surface area contributed by atoms with Crippen molar-refractivity contribution in [2.24, 2.45) is 11.8 Å². The van der Waals surface area contributed by atoms with Gasteiger partial charge in [-0.05, 0) is 6.92 Å². The second-order valence-electron chi connectivity index (χ2n) is 4.23. The molecular weight excluding hydrogens is 230 g/mol. The number of nitrogens with zero attached hydrogens (tertiary/aromatic N) is 1. The van der Waals surface area contributed by atoms with E-state index in [1.165, 1.54) is 0 Å². The number of hydrazine groups is 1. The zero-order valence-corrected chi connectivity index (χ0v) is 10.5. The van der Waals surface area contributed by atoms with Crippen molar-refractivity contribution in [2.75, 3.05) is 24.6 Å². The van der Waals surface area contributed by atoms with Crippen molar-refractivity contribution < 1.29 is 13.2 Å². The van der Waals surface area contributed by atoms with Crippen LogP contribution in [0.4, 0.5) is 0 Å². The van der Waals surface area contributed by atoms with Crippen molar-refractivity contribution in [2.45, 2.75) is 19.9 Å². The van der Waals surface area contributed by atoms with Gasteiger partial charge in [-0.25, -0.2) is 14.3 Å². The summed E-state index contributed by atoms with van der Waals surface area (Å²) in [7, 11) is -2.87. The topological polar surface area (TPSA) is 92.5 Å². The van der Waals surface area contributed by atoms with Crippen molar-refractivity contribution in [1.29, 1.82) is 0 Å². The normalized spacial score (nSPS) is 24.7. The first-order valence-electron chi connectivity index (χ1n) is 5.32. The van der Waals surface area contributed by atoms with E-state index in [2.05, 4.69) is 5.43 Å². The first kappa shape index (κ1) is 13.4. The van der Waals surface area contributed by atoms with Crippen molar-refractivity contribution in [3.63, 3.8) is 0 Å². The summed E-state index contributed by atoms with van der Waals surface area (Å²) in [5, 5.41) is 0. The fourth-order valence-electron chi connectivity index (χ4n) is 1.80. The van der Waals surface area contributed by atoms with Gasteiger partial charge in [0.2, 0.25) is 5.91 Å². The van der Waals surface area contributed by atoms with Crippen LogP contribution in [-0.4, -0.2) is 49.9 Å². The summed E-state index contributed by atoms with van der Waals surface area (Å²) < 4.78 is 22.5. The lowest BCUT2D eigenvalue weighted by Gasteiger charge is -2.34. The minimum absolute atomic E-state index is 0.000880. The van der Waals surface area contributed by atoms with Crippen molar-refractivity contribution in [3.05, 3.63) is 0 Å². The lowest BCUT2D eigenvalue weighted by molar-refractivity contribution is -0.126. The van der Waals surface area contributed by atoms with Gasteiger partial charge >= 0.3 is 0 Å². The van der Waals surface area contributed by atoms with Gasteiger partial charge in [-0.3, -0.25) is 15.1 Å². The molecule has 0 aromatic carbocycles. The highest BCUT2D eigenvalue weighted by Crippen LogP contribution is 2.14. The predicted octanol–water partition coefficient (Wildman–Crippen LogP) is -1.27. The molecule has 0 saturated carbocycles. The molecule has 0 aromatic heterocycles. The van der Waals surface area contributed by atoms with E-state index in [9.17, 15) is 13.2 Å². The Kier molecular flexibility index (Phi) is 4.28. The van der Waals surface area contributed by atoms with Crippen LogP contribution in [0.1, 0.15) is 13.8 Å². The Balaban J connectivity index is 2.56. The molecule has 1 heterocycles. The van der Waals surface area contributed by atoms with E-state index < -0.39 is 9.84 Å². The number of hydrogen-bond acceptors (Lipinski definition) is 5. The molecule has 0 bridgehead atoms. The number of carbonyl (C=O) groups is 1. The molecule has 1 fully saturated rings. The fraction of sp³-hybridized carbons (Fsp3) is 0.889. The van der Waals surface area contributed by atoms with Crippen molar-refractivity contribution in [3.8, 4) is 0 Å². The zero-order chi connectivity index (χ0) is 12.3. The minimum atomic E-state index is -2.87. The molecule has 1 amide bonds. The van der Waals surface area contributed by atoms with E-state index in [4.69, 9.17) is 5.84 Å². The molecule has 2 unspecified atom stereocenters. The largest absolute Gasteiger partial charge is 0.298 e. The smallest absolute Gasteiger partial charge is 0.238 e. The standard InChI is InChI=1S/C9H19N3O3S/c1-7(9(13)11-10)8(2)12-3-5-16(14,15)6-4-12/h7-8H,3-6,10H2,1-2H3,(H,11,13). The molecule has 2 atom stereocenters. The number of rotatable bonds is 3. The van der Waals surface area contributed by atoms with Gasteiger partial charge in [0.15, 0.2) is 9.84 Å². The average molecular weight is 249 g/mol. The van der Waals surface area contributed by atoms with E-state index in [0.717, 1.165) is 0 Å². The Morgan fingerprint density at radius 2 is 1.81 bits per heavy atom. The second kappa shape index (κ2) is 5.11. The lowest BCUT2D eigenvalue weighted by Crippen LogP contribution is -2.50. The Hall–Kier alpha value is -0.660. The van der Waals surface area contributed by atoms with Gasteiger partial charge in [0.05, 0.1) is 17.4 Å². The maximum Gasteiger partial charge on any atom is 0.238 e. The number of amides is 1. The molecule has 0 aliphatic carbocycles. The van der Waals surface area contributed by atoms with Gasteiger partial charge < -0.3 is 0 Å². The molecule has 16 heavy (non-hydrogen) atoms. The van der Waals surface area contributed by atoms with Crippen LogP contribution >= 0.6 is 0 Å². The van der Waals surface area contributed by atoms with Gasteiger partial charge in [-0.2, -0.15) is 0 Å². The number of sulfone groups is 1. The maximum absolute atomic E-state index is 11.3. The molecule has 7 heteroatoms.